The molecule has 3 saturated carbocycles. The summed E-state index contributed by atoms with van der Waals surface area (Å²) in [4.78, 5) is 0. The minimum atomic E-state index is 0. The molecule has 6 unspecified atom stereocenters. The average molecular weight is 1180 g/mol. The Morgan fingerprint density at radius 3 is 1.13 bits per heavy atom. The van der Waals surface area contributed by atoms with Crippen molar-refractivity contribution in [3.8, 4) is 11.5 Å². The van der Waals surface area contributed by atoms with Gasteiger partial charge in [-0.15, -0.1) is 0 Å². The summed E-state index contributed by atoms with van der Waals surface area (Å²) in [6, 6.07) is 30.2. The van der Waals surface area contributed by atoms with Gasteiger partial charge in [-0.3, -0.25) is 0 Å². The molecule has 3 aliphatic rings. The van der Waals surface area contributed by atoms with Gasteiger partial charge in [0.05, 0.1) is 0 Å². The molecule has 86 heavy (non-hydrogen) atoms. The SMILES string of the molecule is C.C.C.C.CCC1CCCC(CNCc2cc(CNCC3CCCC(CC)C3)c(O)c(CNCC3CCCC(CN)C3)c2C)C1.CCc1cccc(CNCc2cc(CNCc3cccc(CC)c3)c(O)c(CNCc3cccc(CN)c3)c2C)c1. The fourth-order valence-electron chi connectivity index (χ4n) is 13.7. The molecule has 8 rings (SSSR count). The second-order valence-electron chi connectivity index (χ2n) is 25.1. The molecule has 0 heterocycles. The van der Waals surface area contributed by atoms with Gasteiger partial charge in [0.2, 0.25) is 0 Å². The van der Waals surface area contributed by atoms with Crippen LogP contribution in [0.15, 0.2) is 84.9 Å². The van der Waals surface area contributed by atoms with Gasteiger partial charge in [0.25, 0.3) is 0 Å². The zero-order chi connectivity index (χ0) is 58.1. The monoisotopic (exact) mass is 1180 g/mol. The van der Waals surface area contributed by atoms with Crippen molar-refractivity contribution in [1.29, 1.82) is 0 Å². The van der Waals surface area contributed by atoms with Gasteiger partial charge < -0.3 is 53.6 Å². The lowest BCUT2D eigenvalue weighted by molar-refractivity contribution is 0.253. The number of benzene rings is 5. The van der Waals surface area contributed by atoms with E-state index in [-0.39, 0.29) is 29.7 Å². The molecule has 482 valence electrons. The van der Waals surface area contributed by atoms with E-state index in [9.17, 15) is 10.2 Å². The van der Waals surface area contributed by atoms with Gasteiger partial charge in [0.15, 0.2) is 0 Å². The summed E-state index contributed by atoms with van der Waals surface area (Å²) < 4.78 is 0. The zero-order valence-corrected chi connectivity index (χ0v) is 51.8. The fraction of sp³-hybridized carbons (Fsp3) is 0.605. The lowest BCUT2D eigenvalue weighted by Crippen LogP contribution is -2.30. The number of hydrogen-bond acceptors (Lipinski definition) is 10. The smallest absolute Gasteiger partial charge is 0.124 e. The summed E-state index contributed by atoms with van der Waals surface area (Å²) in [6.45, 7) is 24.5. The van der Waals surface area contributed by atoms with Gasteiger partial charge in [-0.1, -0.05) is 175 Å². The minimum Gasteiger partial charge on any atom is -0.507 e. The van der Waals surface area contributed by atoms with E-state index < -0.39 is 0 Å². The van der Waals surface area contributed by atoms with Crippen LogP contribution in [-0.4, -0.2) is 36.4 Å². The number of nitrogens with one attached hydrogen (secondary N) is 6. The maximum atomic E-state index is 11.5. The molecular weight excluding hydrogens is 1060 g/mol. The van der Waals surface area contributed by atoms with Crippen molar-refractivity contribution < 1.29 is 10.2 Å². The van der Waals surface area contributed by atoms with Crippen LogP contribution >= 0.6 is 0 Å². The first-order valence-corrected chi connectivity index (χ1v) is 32.5. The first-order chi connectivity index (χ1) is 40.0. The molecule has 10 nitrogen and oxygen atoms in total. The van der Waals surface area contributed by atoms with E-state index in [0.717, 1.165) is 135 Å². The number of aromatic hydroxyl groups is 2. The normalized spacial score (nSPS) is 19.2. The Kier molecular flexibility index (Phi) is 35.9. The maximum absolute atomic E-state index is 11.5. The molecule has 0 aliphatic heterocycles. The molecule has 12 N–H and O–H groups in total. The summed E-state index contributed by atoms with van der Waals surface area (Å²) >= 11 is 0. The molecular formula is C76H126N8O2. The predicted octanol–water partition coefficient (Wildman–Crippen LogP) is 15.9. The standard InChI is InChI=1S/C36H64N4O.C36H46N4O.4CH4/c2*1-4-27-9-6-12-30(15-27)20-38-23-33-18-34(24-39-21-31-13-7-10-28(5-2)16-31)36(41)35(26(33)3)25-40-22-32-14-8-11-29(17-32)19-37;;;;/h18,27-32,38-41H,4-17,19-25,37H2,1-3H3;6-18,38-41H,4-5,19-25,37H2,1-3H3;4*1H4. The van der Waals surface area contributed by atoms with E-state index in [4.69, 9.17) is 11.5 Å². The highest BCUT2D eigenvalue weighted by atomic mass is 16.3. The quantitative estimate of drug-likeness (QED) is 0.0214. The highest BCUT2D eigenvalue weighted by Gasteiger charge is 2.25. The molecule has 0 radical (unpaired) electrons. The Bertz CT molecular complexity index is 2540. The van der Waals surface area contributed by atoms with Crippen molar-refractivity contribution in [2.75, 3.05) is 26.2 Å². The van der Waals surface area contributed by atoms with Crippen LogP contribution in [0.2, 0.25) is 0 Å². The summed E-state index contributed by atoms with van der Waals surface area (Å²) in [6.07, 6.45) is 20.9. The molecule has 6 atom stereocenters. The number of phenols is 2. The van der Waals surface area contributed by atoms with Crippen LogP contribution in [0.4, 0.5) is 0 Å². The van der Waals surface area contributed by atoms with Crippen molar-refractivity contribution in [3.63, 3.8) is 0 Å². The Morgan fingerprint density at radius 2 is 0.709 bits per heavy atom. The van der Waals surface area contributed by atoms with Crippen LogP contribution in [0, 0.1) is 49.4 Å². The van der Waals surface area contributed by atoms with Crippen LogP contribution in [0.1, 0.15) is 225 Å². The second-order valence-corrected chi connectivity index (χ2v) is 25.1. The van der Waals surface area contributed by atoms with Crippen molar-refractivity contribution in [3.05, 3.63) is 163 Å². The van der Waals surface area contributed by atoms with Crippen molar-refractivity contribution in [2.24, 2.45) is 47.0 Å². The minimum absolute atomic E-state index is 0. The van der Waals surface area contributed by atoms with Crippen molar-refractivity contribution in [1.82, 2.24) is 31.9 Å². The van der Waals surface area contributed by atoms with Crippen molar-refractivity contribution in [2.45, 2.75) is 239 Å². The van der Waals surface area contributed by atoms with E-state index >= 15 is 0 Å². The van der Waals surface area contributed by atoms with Crippen molar-refractivity contribution >= 4 is 0 Å². The highest BCUT2D eigenvalue weighted by Crippen LogP contribution is 2.35. The molecule has 0 aromatic heterocycles. The summed E-state index contributed by atoms with van der Waals surface area (Å²) in [5, 5.41) is 45.0. The largest absolute Gasteiger partial charge is 0.507 e. The van der Waals surface area contributed by atoms with Crippen LogP contribution in [0.3, 0.4) is 0 Å². The summed E-state index contributed by atoms with van der Waals surface area (Å²) in [7, 11) is 0. The Hall–Kier alpha value is -4.62. The van der Waals surface area contributed by atoms with Crippen LogP contribution < -0.4 is 43.4 Å². The van der Waals surface area contributed by atoms with E-state index in [1.54, 1.807) is 0 Å². The molecule has 0 saturated heterocycles. The van der Waals surface area contributed by atoms with E-state index in [0.29, 0.717) is 49.5 Å². The molecule has 3 fully saturated rings. The third-order valence-electron chi connectivity index (χ3n) is 19.1. The first kappa shape index (κ1) is 75.6. The summed E-state index contributed by atoms with van der Waals surface area (Å²) in [5.41, 5.74) is 28.4. The van der Waals surface area contributed by atoms with E-state index in [1.807, 2.05) is 12.1 Å². The molecule has 0 bridgehead atoms. The second kappa shape index (κ2) is 40.8. The number of nitrogens with two attached hydrogens (primary N) is 2. The topological polar surface area (TPSA) is 165 Å². The van der Waals surface area contributed by atoms with Gasteiger partial charge in [-0.25, -0.2) is 0 Å². The third kappa shape index (κ3) is 23.7. The first-order valence-electron chi connectivity index (χ1n) is 32.5. The van der Waals surface area contributed by atoms with E-state index in [2.05, 4.69) is 146 Å². The Labute approximate surface area is 526 Å². The number of phenolic OH excluding ortho intramolecular Hbond substituents is 2. The van der Waals surface area contributed by atoms with Gasteiger partial charge in [-0.05, 0) is 201 Å². The van der Waals surface area contributed by atoms with Crippen LogP contribution in [0.5, 0.6) is 11.5 Å². The number of hydrogen-bond donors (Lipinski definition) is 10. The molecule has 0 spiro atoms. The highest BCUT2D eigenvalue weighted by molar-refractivity contribution is 5.51. The van der Waals surface area contributed by atoms with Gasteiger partial charge in [0.1, 0.15) is 11.5 Å². The average Bonchev–Trinajstić information content (AvgIpc) is 3.59. The number of aryl methyl sites for hydroxylation is 2. The van der Waals surface area contributed by atoms with Crippen LogP contribution in [0.25, 0.3) is 0 Å². The molecule has 0 amide bonds. The third-order valence-corrected chi connectivity index (χ3v) is 19.1. The lowest BCUT2D eigenvalue weighted by Gasteiger charge is -2.29. The van der Waals surface area contributed by atoms with Gasteiger partial charge >= 0.3 is 0 Å². The molecule has 5 aromatic carbocycles. The van der Waals surface area contributed by atoms with E-state index in [1.165, 1.54) is 134 Å². The molecule has 10 heteroatoms. The summed E-state index contributed by atoms with van der Waals surface area (Å²) in [5.74, 6) is 5.68. The number of rotatable bonds is 30. The maximum Gasteiger partial charge on any atom is 0.124 e. The lowest BCUT2D eigenvalue weighted by atomic mass is 9.80. The zero-order valence-electron chi connectivity index (χ0n) is 51.8. The van der Waals surface area contributed by atoms with Gasteiger partial charge in [-0.2, -0.15) is 0 Å². The van der Waals surface area contributed by atoms with Crippen LogP contribution in [-0.2, 0) is 78.3 Å². The molecule has 5 aromatic rings. The van der Waals surface area contributed by atoms with Gasteiger partial charge in [0, 0.05) is 87.7 Å². The predicted molar refractivity (Wildman–Crippen MR) is 371 cm³/mol. The Morgan fingerprint density at radius 1 is 0.384 bits per heavy atom. The Balaban J connectivity index is 0.000000430. The molecule has 3 aliphatic carbocycles. The fourth-order valence-corrected chi connectivity index (χ4v) is 13.7.